The van der Waals surface area contributed by atoms with Gasteiger partial charge in [0.1, 0.15) is 6.10 Å². The first-order valence-electron chi connectivity index (χ1n) is 10.9. The second-order valence-electron chi connectivity index (χ2n) is 10.3. The Labute approximate surface area is 178 Å². The van der Waals surface area contributed by atoms with E-state index in [4.69, 9.17) is 23.7 Å². The van der Waals surface area contributed by atoms with Crippen molar-refractivity contribution >= 4 is 12.1 Å². The molecule has 1 aliphatic heterocycles. The molecule has 0 amide bonds. The van der Waals surface area contributed by atoms with Gasteiger partial charge in [0, 0.05) is 17.3 Å². The molecule has 0 radical (unpaired) electrons. The lowest BCUT2D eigenvalue weighted by molar-refractivity contribution is -0.236. The zero-order chi connectivity index (χ0) is 22.3. The van der Waals surface area contributed by atoms with Crippen LogP contribution in [0.2, 0.25) is 0 Å². The van der Waals surface area contributed by atoms with Crippen LogP contribution in [0.4, 0.5) is 4.79 Å². The number of hydrogen-bond donors (Lipinski definition) is 1. The molecule has 3 aliphatic rings. The highest BCUT2D eigenvalue weighted by Gasteiger charge is 2.71. The number of fused-ring (bicyclic) bond motifs is 1. The third-order valence-corrected chi connectivity index (χ3v) is 6.82. The summed E-state index contributed by atoms with van der Waals surface area (Å²) in [5.41, 5.74) is -0.953. The predicted molar refractivity (Wildman–Crippen MR) is 106 cm³/mol. The van der Waals surface area contributed by atoms with E-state index >= 15 is 0 Å². The summed E-state index contributed by atoms with van der Waals surface area (Å²) >= 11 is 0. The van der Waals surface area contributed by atoms with Crippen LogP contribution in [0, 0.1) is 34.5 Å². The van der Waals surface area contributed by atoms with Crippen LogP contribution in [0.15, 0.2) is 0 Å². The minimum Gasteiger partial charge on any atom is -0.465 e. The van der Waals surface area contributed by atoms with Crippen LogP contribution in [0.5, 0.6) is 0 Å². The minimum absolute atomic E-state index is 0.00226. The van der Waals surface area contributed by atoms with Gasteiger partial charge in [0.05, 0.1) is 44.4 Å². The lowest BCUT2D eigenvalue weighted by Crippen LogP contribution is -2.49. The Kier molecular flexibility index (Phi) is 6.43. The van der Waals surface area contributed by atoms with Crippen molar-refractivity contribution in [2.75, 3.05) is 33.0 Å². The fourth-order valence-corrected chi connectivity index (χ4v) is 5.60. The average molecular weight is 429 g/mol. The van der Waals surface area contributed by atoms with Crippen LogP contribution in [0.3, 0.4) is 0 Å². The summed E-state index contributed by atoms with van der Waals surface area (Å²) in [5, 5.41) is 10.3. The molecule has 0 aromatic heterocycles. The summed E-state index contributed by atoms with van der Waals surface area (Å²) in [7, 11) is 0. The van der Waals surface area contributed by atoms with Crippen LogP contribution in [-0.2, 0) is 28.5 Å². The van der Waals surface area contributed by atoms with Crippen molar-refractivity contribution in [2.24, 2.45) is 34.5 Å². The monoisotopic (exact) mass is 428 g/mol. The van der Waals surface area contributed by atoms with E-state index in [1.165, 1.54) is 0 Å². The number of carbonyl (C=O) groups is 2. The standard InChI is InChI=1S/C22H36O8/c1-7-26-19(25)30-17-16-13(10-21(17,5)6)15(12-27-18(24)20(2,3)4)22(14(16)11-23)28-8-9-29-22/h13-17,23H,7-12H2,1-6H3. The lowest BCUT2D eigenvalue weighted by Gasteiger charge is -2.39. The summed E-state index contributed by atoms with van der Waals surface area (Å²) in [6.45, 7) is 12.3. The molecule has 0 aromatic rings. The summed E-state index contributed by atoms with van der Waals surface area (Å²) in [6.07, 6.45) is -0.450. The number of esters is 1. The number of hydrogen-bond acceptors (Lipinski definition) is 8. The molecule has 0 bridgehead atoms. The van der Waals surface area contributed by atoms with Gasteiger partial charge in [-0.15, -0.1) is 0 Å². The summed E-state index contributed by atoms with van der Waals surface area (Å²) in [6, 6.07) is 0. The van der Waals surface area contributed by atoms with Crippen molar-refractivity contribution < 1.29 is 38.4 Å². The zero-order valence-electron chi connectivity index (χ0n) is 18.9. The second kappa shape index (κ2) is 8.28. The number of carbonyl (C=O) groups excluding carboxylic acids is 2. The van der Waals surface area contributed by atoms with Gasteiger partial charge in [-0.05, 0) is 40.0 Å². The molecule has 30 heavy (non-hydrogen) atoms. The second-order valence-corrected chi connectivity index (χ2v) is 10.3. The van der Waals surface area contributed by atoms with Crippen molar-refractivity contribution in [1.82, 2.24) is 0 Å². The van der Waals surface area contributed by atoms with E-state index in [0.29, 0.717) is 13.2 Å². The lowest BCUT2D eigenvalue weighted by atomic mass is 9.80. The van der Waals surface area contributed by atoms with E-state index in [2.05, 4.69) is 0 Å². The first-order valence-corrected chi connectivity index (χ1v) is 10.9. The minimum atomic E-state index is -1.05. The molecule has 1 N–H and O–H groups in total. The van der Waals surface area contributed by atoms with Gasteiger partial charge in [-0.3, -0.25) is 4.79 Å². The molecule has 1 saturated heterocycles. The van der Waals surface area contributed by atoms with Gasteiger partial charge in [-0.25, -0.2) is 4.79 Å². The maximum Gasteiger partial charge on any atom is 0.508 e. The number of aliphatic hydroxyl groups is 1. The van der Waals surface area contributed by atoms with Crippen molar-refractivity contribution in [1.29, 1.82) is 0 Å². The Morgan fingerprint density at radius 3 is 2.27 bits per heavy atom. The third kappa shape index (κ3) is 3.94. The molecule has 172 valence electrons. The zero-order valence-corrected chi connectivity index (χ0v) is 18.9. The maximum absolute atomic E-state index is 12.4. The topological polar surface area (TPSA) is 101 Å². The highest BCUT2D eigenvalue weighted by molar-refractivity contribution is 5.75. The van der Waals surface area contributed by atoms with E-state index in [9.17, 15) is 14.7 Å². The Morgan fingerprint density at radius 1 is 1.10 bits per heavy atom. The highest BCUT2D eigenvalue weighted by Crippen LogP contribution is 2.63. The number of ether oxygens (including phenoxy) is 5. The van der Waals surface area contributed by atoms with Gasteiger partial charge in [0.2, 0.25) is 0 Å². The predicted octanol–water partition coefficient (Wildman–Crippen LogP) is 2.76. The molecule has 3 fully saturated rings. The summed E-state index contributed by atoms with van der Waals surface area (Å²) < 4.78 is 28.7. The van der Waals surface area contributed by atoms with Gasteiger partial charge >= 0.3 is 12.1 Å². The Hall–Kier alpha value is -1.38. The van der Waals surface area contributed by atoms with Crippen LogP contribution in [0.25, 0.3) is 0 Å². The van der Waals surface area contributed by atoms with E-state index in [-0.39, 0.29) is 49.0 Å². The Balaban J connectivity index is 1.91. The quantitative estimate of drug-likeness (QED) is 0.667. The summed E-state index contributed by atoms with van der Waals surface area (Å²) in [5.74, 6) is -2.19. The SMILES string of the molecule is CCOC(=O)OC1C2C(CC1(C)C)C(COC(=O)C(C)(C)C)C1(OCCO1)C2CO. The normalized spacial score (nSPS) is 34.0. The highest BCUT2D eigenvalue weighted by atomic mass is 16.7. The van der Waals surface area contributed by atoms with Gasteiger partial charge in [-0.1, -0.05) is 13.8 Å². The smallest absolute Gasteiger partial charge is 0.465 e. The largest absolute Gasteiger partial charge is 0.508 e. The average Bonchev–Trinajstić information content (AvgIpc) is 3.28. The first-order chi connectivity index (χ1) is 14.0. The molecular weight excluding hydrogens is 392 g/mol. The van der Waals surface area contributed by atoms with E-state index < -0.39 is 29.4 Å². The van der Waals surface area contributed by atoms with Gasteiger partial charge < -0.3 is 28.8 Å². The van der Waals surface area contributed by atoms with E-state index in [1.807, 2.05) is 34.6 Å². The Morgan fingerprint density at radius 2 is 1.73 bits per heavy atom. The van der Waals surface area contributed by atoms with Crippen molar-refractivity contribution in [3.05, 3.63) is 0 Å². The van der Waals surface area contributed by atoms with Gasteiger partial charge in [-0.2, -0.15) is 0 Å². The molecule has 5 atom stereocenters. The van der Waals surface area contributed by atoms with Crippen LogP contribution in [-0.4, -0.2) is 62.2 Å². The molecule has 5 unspecified atom stereocenters. The molecule has 2 saturated carbocycles. The van der Waals surface area contributed by atoms with Crippen molar-refractivity contribution in [3.63, 3.8) is 0 Å². The van der Waals surface area contributed by atoms with Crippen molar-refractivity contribution in [3.8, 4) is 0 Å². The molecule has 2 aliphatic carbocycles. The molecule has 1 heterocycles. The van der Waals surface area contributed by atoms with Gasteiger partial charge in [0.15, 0.2) is 5.79 Å². The van der Waals surface area contributed by atoms with E-state index in [1.54, 1.807) is 6.92 Å². The number of aliphatic hydroxyl groups excluding tert-OH is 1. The maximum atomic E-state index is 12.4. The van der Waals surface area contributed by atoms with Crippen LogP contribution in [0.1, 0.15) is 48.0 Å². The fraction of sp³-hybridized carbons (Fsp3) is 0.909. The summed E-state index contributed by atoms with van der Waals surface area (Å²) in [4.78, 5) is 24.6. The number of rotatable bonds is 5. The fourth-order valence-electron chi connectivity index (χ4n) is 5.60. The van der Waals surface area contributed by atoms with E-state index in [0.717, 1.165) is 6.42 Å². The Bertz CT molecular complexity index is 646. The molecule has 1 spiro atoms. The molecular formula is C22H36O8. The molecule has 8 heteroatoms. The molecule has 3 rings (SSSR count). The third-order valence-electron chi connectivity index (χ3n) is 6.82. The molecule has 8 nitrogen and oxygen atoms in total. The van der Waals surface area contributed by atoms with Crippen molar-refractivity contribution in [2.45, 2.75) is 59.9 Å². The first kappa shape index (κ1) is 23.3. The van der Waals surface area contributed by atoms with Crippen LogP contribution < -0.4 is 0 Å². The van der Waals surface area contributed by atoms with Gasteiger partial charge in [0.25, 0.3) is 0 Å². The molecule has 0 aromatic carbocycles. The van der Waals surface area contributed by atoms with Crippen LogP contribution >= 0.6 is 0 Å².